The lowest BCUT2D eigenvalue weighted by atomic mass is 9.96. The summed E-state index contributed by atoms with van der Waals surface area (Å²) in [6, 6.07) is 0. The van der Waals surface area contributed by atoms with Crippen LogP contribution < -0.4 is 21.3 Å². The number of imide groups is 1. The number of nitrogens with one attached hydrogen (secondary N) is 4. The number of hydrogen-bond acceptors (Lipinski definition) is 30. The van der Waals surface area contributed by atoms with Gasteiger partial charge in [0.25, 0.3) is 11.8 Å². The van der Waals surface area contributed by atoms with E-state index in [4.69, 9.17) is 42.7 Å². The minimum absolute atomic E-state index is 0.0506. The van der Waals surface area contributed by atoms with Gasteiger partial charge in [0.15, 0.2) is 25.2 Å². The molecular formula is C50H84N6O29. The zero-order valence-electron chi connectivity index (χ0n) is 46.8. The third-order valence-electron chi connectivity index (χ3n) is 14.4. The Labute approximate surface area is 487 Å². The first-order valence-electron chi connectivity index (χ1n) is 28.1. The van der Waals surface area contributed by atoms with Gasteiger partial charge in [-0.1, -0.05) is 12.8 Å². The molecule has 5 aliphatic rings. The summed E-state index contributed by atoms with van der Waals surface area (Å²) in [4.78, 5) is 93.7. The van der Waals surface area contributed by atoms with Gasteiger partial charge in [0.1, 0.15) is 91.6 Å². The Bertz CT molecular complexity index is 2110. The number of carbonyl (C=O) groups excluding carboxylic acids is 7. The Morgan fingerprint density at radius 3 is 1.45 bits per heavy atom. The number of nitrogens with zero attached hydrogens (tertiary/aromatic N) is 2. The van der Waals surface area contributed by atoms with Gasteiger partial charge in [-0.2, -0.15) is 0 Å². The molecule has 0 bridgehead atoms. The highest BCUT2D eigenvalue weighted by molar-refractivity contribution is 6.01. The minimum atomic E-state index is -1.99. The van der Waals surface area contributed by atoms with E-state index in [1.54, 1.807) is 0 Å². The maximum absolute atomic E-state index is 13.4. The number of carbonyl (C=O) groups is 7. The van der Waals surface area contributed by atoms with E-state index in [-0.39, 0.29) is 64.4 Å². The lowest BCUT2D eigenvalue weighted by molar-refractivity contribution is -0.366. The molecule has 5 aliphatic heterocycles. The zero-order valence-corrected chi connectivity index (χ0v) is 46.8. The van der Waals surface area contributed by atoms with Crippen molar-refractivity contribution in [1.82, 2.24) is 31.2 Å². The summed E-state index contributed by atoms with van der Waals surface area (Å²) in [5.41, 5.74) is 0. The van der Waals surface area contributed by atoms with Crippen molar-refractivity contribution >= 4 is 41.4 Å². The number of amides is 6. The van der Waals surface area contributed by atoms with Crippen LogP contribution in [0.3, 0.4) is 0 Å². The van der Waals surface area contributed by atoms with Crippen LogP contribution in [-0.4, -0.2) is 319 Å². The van der Waals surface area contributed by atoms with Crippen molar-refractivity contribution in [2.75, 3.05) is 78.8 Å². The maximum atomic E-state index is 13.4. The Kier molecular flexibility index (Phi) is 29.9. The lowest BCUT2D eigenvalue weighted by Gasteiger charge is -2.46. The predicted molar refractivity (Wildman–Crippen MR) is 276 cm³/mol. The fraction of sp³-hybridized carbons (Fsp3) is 0.860. The number of ether oxygens (including phenoxy) is 8. The summed E-state index contributed by atoms with van der Waals surface area (Å²) >= 11 is 0. The van der Waals surface area contributed by atoms with Crippen LogP contribution in [0.25, 0.3) is 0 Å². The second-order valence-corrected chi connectivity index (χ2v) is 21.0. The molecule has 85 heavy (non-hydrogen) atoms. The summed E-state index contributed by atoms with van der Waals surface area (Å²) in [7, 11) is 0. The van der Waals surface area contributed by atoms with Crippen molar-refractivity contribution in [3.63, 3.8) is 0 Å². The van der Waals surface area contributed by atoms with E-state index in [1.165, 1.54) is 11.8 Å². The van der Waals surface area contributed by atoms with Crippen LogP contribution in [0.4, 0.5) is 0 Å². The topological polar surface area (TPSA) is 520 Å². The van der Waals surface area contributed by atoms with Gasteiger partial charge in [0, 0.05) is 51.9 Å². The quantitative estimate of drug-likeness (QED) is 0.0210. The Morgan fingerprint density at radius 2 is 0.918 bits per heavy atom. The highest BCUT2D eigenvalue weighted by Crippen LogP contribution is 2.31. The summed E-state index contributed by atoms with van der Waals surface area (Å²) in [6.07, 6.45) is -30.5. The molecule has 0 unspecified atom stereocenters. The van der Waals surface area contributed by atoms with Crippen LogP contribution in [0.2, 0.25) is 0 Å². The largest absolute Gasteiger partial charge is 0.394 e. The molecule has 0 saturated carbocycles. The number of aliphatic hydroxyl groups is 13. The van der Waals surface area contributed by atoms with Gasteiger partial charge < -0.3 is 130 Å². The van der Waals surface area contributed by atoms with Gasteiger partial charge >= 0.3 is 5.97 Å². The Balaban J connectivity index is 1.11. The van der Waals surface area contributed by atoms with Gasteiger partial charge in [-0.25, -0.2) is 4.79 Å². The van der Waals surface area contributed by atoms with Crippen LogP contribution in [0.15, 0.2) is 0 Å². The van der Waals surface area contributed by atoms with Crippen molar-refractivity contribution in [3.8, 4) is 0 Å². The summed E-state index contributed by atoms with van der Waals surface area (Å²) < 4.78 is 44.3. The van der Waals surface area contributed by atoms with Gasteiger partial charge in [-0.05, 0) is 32.6 Å². The molecule has 5 rings (SSSR count). The van der Waals surface area contributed by atoms with Crippen LogP contribution in [0.5, 0.6) is 0 Å². The molecule has 35 heteroatoms. The average Bonchev–Trinajstić information content (AvgIpc) is 3.99. The average molecular weight is 1230 g/mol. The molecule has 5 heterocycles. The molecule has 5 saturated heterocycles. The molecule has 0 aromatic rings. The first-order chi connectivity index (χ1) is 40.4. The van der Waals surface area contributed by atoms with Crippen molar-refractivity contribution < 1.29 is 143 Å². The van der Waals surface area contributed by atoms with E-state index in [2.05, 4.69) is 21.3 Å². The molecule has 0 aliphatic carbocycles. The zero-order chi connectivity index (χ0) is 62.5. The van der Waals surface area contributed by atoms with Crippen LogP contribution in [0, 0.1) is 0 Å². The van der Waals surface area contributed by atoms with E-state index in [1.807, 2.05) is 0 Å². The minimum Gasteiger partial charge on any atom is -0.394 e. The van der Waals surface area contributed by atoms with Crippen molar-refractivity contribution in [1.29, 1.82) is 0 Å². The number of hydroxylamine groups is 2. The lowest BCUT2D eigenvalue weighted by Crippen LogP contribution is -2.65. The number of aliphatic hydroxyl groups excluding tert-OH is 13. The standard InChI is InChI=1S/C50H84N6O29/c1-24-35(66)39(70)42(73)47(80-24)77-16-14-53-28(59)8-4-2-6-12-51-29(60)18-55(19-30(61)52-13-7-3-5-9-34(65)85-56-32(63)10-11-33(56)64)20-31(62)54-15-17-78-49-45(76)46(84-50-44(75)41(72)37(68)26(22-58)82-50)38(69)27(83-49)23-79-48-43(74)40(71)36(67)25(21-57)81-48/h24-27,35-50,57-58,66-76H,2-23H2,1H3,(H,51,60)(H,52,61)(H,53,59)(H,54,62)/t24-,25+,26+,27+,35+,36+,37+,38+,39+,40-,41-,42-,43-,44-,45-,46-,47+,48-,49-,50+/m0/s1. The Morgan fingerprint density at radius 1 is 0.482 bits per heavy atom. The van der Waals surface area contributed by atoms with Gasteiger partial charge in [0.2, 0.25) is 23.6 Å². The Hall–Kier alpha value is -4.39. The SMILES string of the molecule is C[C@@H]1O[C@@H](OCCNC(=O)CCCCCNC(=O)CN(CC(=O)NCCCCCC(=O)ON2C(=O)CCC2=O)CC(=O)NCCO[C@H]2O[C@H](CO[C@H]3O[C@H](CO)[C@@H](O)[C@H](O)[C@@H]3O)[C@@H](O)[C@H](O[C@H]3O[C@H](CO)[C@@H](O)[C@H](O)[C@@H]3O)[C@@H]2O)[C@@H](O)[C@H](O)[C@@H]1O. The number of rotatable bonds is 34. The molecule has 0 aromatic carbocycles. The molecule has 0 radical (unpaired) electrons. The molecule has 0 spiro atoms. The molecule has 488 valence electrons. The molecule has 17 N–H and O–H groups in total. The van der Waals surface area contributed by atoms with Crippen molar-refractivity contribution in [2.45, 2.75) is 194 Å². The van der Waals surface area contributed by atoms with Crippen LogP contribution in [-0.2, 0) is 76.3 Å². The van der Waals surface area contributed by atoms with Crippen molar-refractivity contribution in [3.05, 3.63) is 0 Å². The second-order valence-electron chi connectivity index (χ2n) is 21.0. The van der Waals surface area contributed by atoms with E-state index in [0.29, 0.717) is 43.6 Å². The summed E-state index contributed by atoms with van der Waals surface area (Å²) in [5.74, 6) is -4.16. The van der Waals surface area contributed by atoms with Crippen LogP contribution in [0.1, 0.15) is 71.1 Å². The fourth-order valence-corrected chi connectivity index (χ4v) is 9.40. The highest BCUT2D eigenvalue weighted by atomic mass is 16.8. The molecule has 5 fully saturated rings. The van der Waals surface area contributed by atoms with E-state index < -0.39 is 204 Å². The molecule has 20 atom stereocenters. The molecule has 6 amide bonds. The maximum Gasteiger partial charge on any atom is 0.333 e. The molecule has 0 aromatic heterocycles. The highest BCUT2D eigenvalue weighted by Gasteiger charge is 2.52. The van der Waals surface area contributed by atoms with Crippen molar-refractivity contribution in [2.24, 2.45) is 0 Å². The predicted octanol–water partition coefficient (Wildman–Crippen LogP) is -10.2. The van der Waals surface area contributed by atoms with Gasteiger partial charge in [-0.15, -0.1) is 5.06 Å². The van der Waals surface area contributed by atoms with E-state index >= 15 is 0 Å². The van der Waals surface area contributed by atoms with Crippen LogP contribution >= 0.6 is 0 Å². The van der Waals surface area contributed by atoms with E-state index in [9.17, 15) is 99.9 Å². The molecule has 35 nitrogen and oxygen atoms in total. The first kappa shape index (κ1) is 71.4. The van der Waals surface area contributed by atoms with E-state index in [0.717, 1.165) is 0 Å². The van der Waals surface area contributed by atoms with Gasteiger partial charge in [-0.3, -0.25) is 33.7 Å². The smallest absolute Gasteiger partial charge is 0.333 e. The summed E-state index contributed by atoms with van der Waals surface area (Å²) in [5, 5.41) is 145. The third kappa shape index (κ3) is 21.4. The second kappa shape index (κ2) is 35.6. The number of hydrogen-bond donors (Lipinski definition) is 17. The summed E-state index contributed by atoms with van der Waals surface area (Å²) in [6.45, 7) is -2.74. The fourth-order valence-electron chi connectivity index (χ4n) is 9.40. The third-order valence-corrected chi connectivity index (χ3v) is 14.4. The normalized spacial score (nSPS) is 34.3. The monoisotopic (exact) mass is 1230 g/mol. The number of unbranched alkanes of at least 4 members (excludes halogenated alkanes) is 4. The molecular weight excluding hydrogens is 1150 g/mol. The van der Waals surface area contributed by atoms with Gasteiger partial charge in [0.05, 0.1) is 58.8 Å². The first-order valence-corrected chi connectivity index (χ1v) is 28.1.